The van der Waals surface area contributed by atoms with E-state index < -0.39 is 23.8 Å². The molecule has 7 nitrogen and oxygen atoms in total. The number of ether oxygens (including phenoxy) is 1. The minimum Gasteiger partial charge on any atom is -0.444 e. The van der Waals surface area contributed by atoms with Gasteiger partial charge < -0.3 is 20.3 Å². The molecule has 1 aliphatic rings. The van der Waals surface area contributed by atoms with E-state index in [1.54, 1.807) is 49.9 Å². The predicted octanol–water partition coefficient (Wildman–Crippen LogP) is 3.83. The van der Waals surface area contributed by atoms with Crippen molar-refractivity contribution >= 4 is 30.5 Å². The molecule has 0 heterocycles. The number of benzene rings is 1. The molecule has 0 bridgehead atoms. The van der Waals surface area contributed by atoms with Gasteiger partial charge in [-0.2, -0.15) is 12.6 Å². The third kappa shape index (κ3) is 7.98. The summed E-state index contributed by atoms with van der Waals surface area (Å²) in [4.78, 5) is 41.1. The van der Waals surface area contributed by atoms with Gasteiger partial charge in [-0.05, 0) is 51.7 Å². The average molecular weight is 488 g/mol. The van der Waals surface area contributed by atoms with Crippen molar-refractivity contribution in [3.8, 4) is 12.3 Å². The Hall–Kier alpha value is -2.66. The number of terminal acetylenes is 1. The maximum absolute atomic E-state index is 13.7. The standard InChI is InChI=1S/C26H37N3O4S/c1-6-8-11-16-27-23(30)22(20-13-10-9-12-18(20)7-2)29(19-14-15-19)24(31)21(17-34)28-25(32)33-26(3,4)5/h2,9-10,12-13,19,21-22,34H,6,8,11,14-17H2,1,3-5H3,(H,27,30)(H,28,32). The van der Waals surface area contributed by atoms with E-state index in [9.17, 15) is 14.4 Å². The topological polar surface area (TPSA) is 87.7 Å². The van der Waals surface area contributed by atoms with Crippen LogP contribution in [0.1, 0.15) is 77.0 Å². The molecule has 1 aromatic carbocycles. The molecule has 1 fully saturated rings. The Morgan fingerprint density at radius 2 is 1.91 bits per heavy atom. The van der Waals surface area contributed by atoms with Crippen LogP contribution in [0.2, 0.25) is 0 Å². The molecule has 0 radical (unpaired) electrons. The smallest absolute Gasteiger partial charge is 0.408 e. The zero-order valence-corrected chi connectivity index (χ0v) is 21.5. The van der Waals surface area contributed by atoms with Gasteiger partial charge in [-0.25, -0.2) is 4.79 Å². The van der Waals surface area contributed by atoms with Crippen molar-refractivity contribution in [3.63, 3.8) is 0 Å². The number of amides is 3. The summed E-state index contributed by atoms with van der Waals surface area (Å²) < 4.78 is 5.32. The maximum Gasteiger partial charge on any atom is 0.408 e. The largest absolute Gasteiger partial charge is 0.444 e. The SMILES string of the molecule is C#Cc1ccccc1C(C(=O)NCCCCC)N(C(=O)C(CS)NC(=O)OC(C)(C)C)C1CC1. The average Bonchev–Trinajstić information content (AvgIpc) is 3.62. The van der Waals surface area contributed by atoms with E-state index in [0.717, 1.165) is 32.1 Å². The summed E-state index contributed by atoms with van der Waals surface area (Å²) in [7, 11) is 0. The minimum absolute atomic E-state index is 0.0585. The Balaban J connectivity index is 2.37. The van der Waals surface area contributed by atoms with Gasteiger partial charge in [0.25, 0.3) is 0 Å². The molecule has 34 heavy (non-hydrogen) atoms. The molecule has 0 saturated heterocycles. The lowest BCUT2D eigenvalue weighted by molar-refractivity contribution is -0.142. The number of hydrogen-bond donors (Lipinski definition) is 3. The van der Waals surface area contributed by atoms with Crippen LogP contribution in [0, 0.1) is 12.3 Å². The molecule has 2 N–H and O–H groups in total. The zero-order chi connectivity index (χ0) is 25.3. The van der Waals surface area contributed by atoms with Crippen molar-refractivity contribution in [3.05, 3.63) is 35.4 Å². The number of nitrogens with zero attached hydrogens (tertiary/aromatic N) is 1. The van der Waals surface area contributed by atoms with E-state index in [1.807, 2.05) is 0 Å². The molecule has 186 valence electrons. The molecule has 8 heteroatoms. The molecule has 1 aliphatic carbocycles. The Morgan fingerprint density at radius 3 is 2.47 bits per heavy atom. The first-order valence-corrected chi connectivity index (χ1v) is 12.5. The zero-order valence-electron chi connectivity index (χ0n) is 20.6. The van der Waals surface area contributed by atoms with E-state index in [0.29, 0.717) is 17.7 Å². The minimum atomic E-state index is -0.952. The molecule has 1 saturated carbocycles. The molecule has 1 aromatic rings. The fourth-order valence-corrected chi connectivity index (χ4v) is 3.90. The van der Waals surface area contributed by atoms with Crippen LogP contribution >= 0.6 is 12.6 Å². The number of hydrogen-bond acceptors (Lipinski definition) is 5. The Labute approximate surface area is 208 Å². The van der Waals surface area contributed by atoms with Gasteiger partial charge in [0, 0.05) is 23.9 Å². The lowest BCUT2D eigenvalue weighted by Crippen LogP contribution is -2.54. The number of thiol groups is 1. The number of rotatable bonds is 11. The fourth-order valence-electron chi connectivity index (χ4n) is 3.65. The second-order valence-electron chi connectivity index (χ2n) is 9.49. The first-order chi connectivity index (χ1) is 16.1. The van der Waals surface area contributed by atoms with Gasteiger partial charge in [0.15, 0.2) is 0 Å². The fraction of sp³-hybridized carbons (Fsp3) is 0.577. The summed E-state index contributed by atoms with van der Waals surface area (Å²) in [5.41, 5.74) is 0.433. The number of unbranched alkanes of at least 4 members (excludes halogenated alkanes) is 2. The number of carbonyl (C=O) groups is 3. The van der Waals surface area contributed by atoms with Gasteiger partial charge in [0.05, 0.1) is 0 Å². The summed E-state index contributed by atoms with van der Waals surface area (Å²) in [6, 6.07) is 5.18. The maximum atomic E-state index is 13.7. The molecular weight excluding hydrogens is 450 g/mol. The summed E-state index contributed by atoms with van der Waals surface area (Å²) in [6.45, 7) is 7.85. The van der Waals surface area contributed by atoms with Crippen molar-refractivity contribution in [2.75, 3.05) is 12.3 Å². The lowest BCUT2D eigenvalue weighted by atomic mass is 9.97. The van der Waals surface area contributed by atoms with E-state index >= 15 is 0 Å². The molecule has 0 aliphatic heterocycles. The van der Waals surface area contributed by atoms with Gasteiger partial charge in [-0.15, -0.1) is 6.42 Å². The highest BCUT2D eigenvalue weighted by molar-refractivity contribution is 7.80. The number of carbonyl (C=O) groups excluding carboxylic acids is 3. The van der Waals surface area contributed by atoms with E-state index in [2.05, 4.69) is 36.1 Å². The van der Waals surface area contributed by atoms with Gasteiger partial charge >= 0.3 is 6.09 Å². The van der Waals surface area contributed by atoms with Crippen molar-refractivity contribution in [1.82, 2.24) is 15.5 Å². The van der Waals surface area contributed by atoms with Gasteiger partial charge in [-0.3, -0.25) is 9.59 Å². The number of nitrogens with one attached hydrogen (secondary N) is 2. The van der Waals surface area contributed by atoms with Gasteiger partial charge in [-0.1, -0.05) is 43.9 Å². The van der Waals surface area contributed by atoms with Crippen LogP contribution in [0.4, 0.5) is 4.79 Å². The first kappa shape index (κ1) is 27.6. The van der Waals surface area contributed by atoms with Gasteiger partial charge in [0.1, 0.15) is 17.7 Å². The molecule has 2 rings (SSSR count). The second-order valence-corrected chi connectivity index (χ2v) is 9.86. The third-order valence-electron chi connectivity index (χ3n) is 5.38. The lowest BCUT2D eigenvalue weighted by Gasteiger charge is -2.34. The molecule has 0 aromatic heterocycles. The van der Waals surface area contributed by atoms with Crippen molar-refractivity contribution < 1.29 is 19.1 Å². The highest BCUT2D eigenvalue weighted by atomic mass is 32.1. The van der Waals surface area contributed by atoms with E-state index in [1.165, 1.54) is 0 Å². The number of alkyl carbamates (subject to hydrolysis) is 1. The van der Waals surface area contributed by atoms with E-state index in [-0.39, 0.29) is 23.6 Å². The Morgan fingerprint density at radius 1 is 1.24 bits per heavy atom. The van der Waals surface area contributed by atoms with Gasteiger partial charge in [0.2, 0.25) is 11.8 Å². The Kier molecular flexibility index (Phi) is 10.3. The van der Waals surface area contributed by atoms with Crippen molar-refractivity contribution in [1.29, 1.82) is 0 Å². The molecule has 2 unspecified atom stereocenters. The molecular formula is C26H37N3O4S. The third-order valence-corrected chi connectivity index (χ3v) is 5.75. The highest BCUT2D eigenvalue weighted by Crippen LogP contribution is 2.36. The first-order valence-electron chi connectivity index (χ1n) is 11.9. The second kappa shape index (κ2) is 12.7. The Bertz CT molecular complexity index is 902. The molecule has 3 amide bonds. The summed E-state index contributed by atoms with van der Waals surface area (Å²) in [6.07, 6.45) is 9.46. The highest BCUT2D eigenvalue weighted by Gasteiger charge is 2.44. The summed E-state index contributed by atoms with van der Waals surface area (Å²) >= 11 is 4.30. The van der Waals surface area contributed by atoms with Crippen LogP contribution in [-0.2, 0) is 14.3 Å². The van der Waals surface area contributed by atoms with Crippen LogP contribution in [-0.4, -0.2) is 52.8 Å². The van der Waals surface area contributed by atoms with Crippen LogP contribution in [0.3, 0.4) is 0 Å². The van der Waals surface area contributed by atoms with Crippen LogP contribution in [0.5, 0.6) is 0 Å². The van der Waals surface area contributed by atoms with Crippen molar-refractivity contribution in [2.45, 2.75) is 83.5 Å². The summed E-state index contributed by atoms with van der Waals surface area (Å²) in [5, 5.41) is 5.60. The monoisotopic (exact) mass is 487 g/mol. The normalized spacial score (nSPS) is 14.9. The molecule has 2 atom stereocenters. The van der Waals surface area contributed by atoms with Crippen LogP contribution in [0.25, 0.3) is 0 Å². The van der Waals surface area contributed by atoms with Crippen molar-refractivity contribution in [2.24, 2.45) is 0 Å². The predicted molar refractivity (Wildman–Crippen MR) is 137 cm³/mol. The van der Waals surface area contributed by atoms with Crippen LogP contribution in [0.15, 0.2) is 24.3 Å². The summed E-state index contributed by atoms with van der Waals surface area (Å²) in [5.74, 6) is 2.03. The van der Waals surface area contributed by atoms with Crippen LogP contribution < -0.4 is 10.6 Å². The molecule has 0 spiro atoms. The van der Waals surface area contributed by atoms with E-state index in [4.69, 9.17) is 11.2 Å². The quantitative estimate of drug-likeness (QED) is 0.252.